The highest BCUT2D eigenvalue weighted by Gasteiger charge is 2.33. The molecule has 21 heavy (non-hydrogen) atoms. The Balaban J connectivity index is 2.01. The third-order valence-corrected chi connectivity index (χ3v) is 4.02. The molecule has 2 aromatic heterocycles. The Kier molecular flexibility index (Phi) is 3.72. The molecule has 0 saturated heterocycles. The lowest BCUT2D eigenvalue weighted by atomic mass is 9.74. The van der Waals surface area contributed by atoms with Gasteiger partial charge in [-0.2, -0.15) is 0 Å². The molecule has 4 nitrogen and oxygen atoms in total. The summed E-state index contributed by atoms with van der Waals surface area (Å²) in [6.07, 6.45) is 5.88. The molecule has 1 aliphatic rings. The van der Waals surface area contributed by atoms with Gasteiger partial charge in [-0.1, -0.05) is 26.8 Å². The summed E-state index contributed by atoms with van der Waals surface area (Å²) in [5, 5.41) is 3.56. The standard InChI is InChI=1S/C17H22N4/c1-4-18-14-9-17(2,3)10-15-12(14)11-20-16(21-15)13-7-5-6-8-19-13/h5-8,11,14,18H,4,9-10H2,1-3H3. The zero-order valence-electron chi connectivity index (χ0n) is 12.9. The molecule has 4 heteroatoms. The van der Waals surface area contributed by atoms with Crippen molar-refractivity contribution in [1.29, 1.82) is 0 Å². The predicted molar refractivity (Wildman–Crippen MR) is 83.8 cm³/mol. The fraction of sp³-hybridized carbons (Fsp3) is 0.471. The molecule has 0 bridgehead atoms. The van der Waals surface area contributed by atoms with Crippen molar-refractivity contribution in [2.45, 2.75) is 39.7 Å². The molecule has 0 aromatic carbocycles. The van der Waals surface area contributed by atoms with Gasteiger partial charge in [0.25, 0.3) is 0 Å². The summed E-state index contributed by atoms with van der Waals surface area (Å²) in [5.41, 5.74) is 3.50. The van der Waals surface area contributed by atoms with Crippen LogP contribution in [0.15, 0.2) is 30.6 Å². The first-order valence-electron chi connectivity index (χ1n) is 7.60. The molecule has 0 radical (unpaired) electrons. The van der Waals surface area contributed by atoms with Crippen LogP contribution in [0.2, 0.25) is 0 Å². The van der Waals surface area contributed by atoms with E-state index in [2.05, 4.69) is 36.1 Å². The molecule has 0 amide bonds. The van der Waals surface area contributed by atoms with Crippen molar-refractivity contribution in [3.8, 4) is 11.5 Å². The van der Waals surface area contributed by atoms with Gasteiger partial charge in [-0.05, 0) is 36.9 Å². The summed E-state index contributed by atoms with van der Waals surface area (Å²) in [6, 6.07) is 6.19. The SMILES string of the molecule is CCNC1CC(C)(C)Cc2nc(-c3ccccn3)ncc21. The molecule has 0 aliphatic heterocycles. The number of fused-ring (bicyclic) bond motifs is 1. The molecule has 1 unspecified atom stereocenters. The van der Waals surface area contributed by atoms with Gasteiger partial charge < -0.3 is 5.32 Å². The normalized spacial score (nSPS) is 20.0. The maximum absolute atomic E-state index is 4.80. The van der Waals surface area contributed by atoms with E-state index in [0.29, 0.717) is 6.04 Å². The molecule has 3 rings (SSSR count). The smallest absolute Gasteiger partial charge is 0.178 e. The van der Waals surface area contributed by atoms with Gasteiger partial charge in [-0.15, -0.1) is 0 Å². The zero-order valence-corrected chi connectivity index (χ0v) is 12.9. The minimum absolute atomic E-state index is 0.260. The first kappa shape index (κ1) is 14.1. The first-order chi connectivity index (χ1) is 10.1. The molecule has 0 saturated carbocycles. The largest absolute Gasteiger partial charge is 0.310 e. The zero-order chi connectivity index (χ0) is 14.9. The average molecular weight is 282 g/mol. The Bertz CT molecular complexity index is 622. The van der Waals surface area contributed by atoms with E-state index in [4.69, 9.17) is 4.98 Å². The van der Waals surface area contributed by atoms with Crippen molar-refractivity contribution in [2.75, 3.05) is 6.54 Å². The van der Waals surface area contributed by atoms with Gasteiger partial charge in [-0.3, -0.25) is 4.98 Å². The Hall–Kier alpha value is -1.81. The highest BCUT2D eigenvalue weighted by atomic mass is 15.0. The monoisotopic (exact) mass is 282 g/mol. The van der Waals surface area contributed by atoms with Gasteiger partial charge in [-0.25, -0.2) is 9.97 Å². The van der Waals surface area contributed by atoms with Crippen LogP contribution in [0.5, 0.6) is 0 Å². The molecule has 0 fully saturated rings. The molecule has 1 aliphatic carbocycles. The van der Waals surface area contributed by atoms with E-state index in [9.17, 15) is 0 Å². The molecule has 1 atom stereocenters. The number of nitrogens with zero attached hydrogens (tertiary/aromatic N) is 3. The van der Waals surface area contributed by atoms with Gasteiger partial charge in [0.05, 0.1) is 0 Å². The Labute approximate surface area is 126 Å². The Morgan fingerprint density at radius 3 is 2.86 bits per heavy atom. The van der Waals surface area contributed by atoms with E-state index in [1.54, 1.807) is 6.20 Å². The van der Waals surface area contributed by atoms with Crippen LogP contribution in [0.3, 0.4) is 0 Å². The molecule has 0 spiro atoms. The lowest BCUT2D eigenvalue weighted by molar-refractivity contribution is 0.255. The van der Waals surface area contributed by atoms with Crippen molar-refractivity contribution in [1.82, 2.24) is 20.3 Å². The second kappa shape index (κ2) is 5.53. The van der Waals surface area contributed by atoms with Crippen LogP contribution in [0.25, 0.3) is 11.5 Å². The van der Waals surface area contributed by atoms with Gasteiger partial charge in [0.15, 0.2) is 5.82 Å². The van der Waals surface area contributed by atoms with Crippen LogP contribution in [0, 0.1) is 5.41 Å². The molecule has 2 heterocycles. The molecular formula is C17H22N4. The van der Waals surface area contributed by atoms with E-state index in [0.717, 1.165) is 36.6 Å². The number of hydrogen-bond donors (Lipinski definition) is 1. The Morgan fingerprint density at radius 2 is 2.14 bits per heavy atom. The van der Waals surface area contributed by atoms with Crippen molar-refractivity contribution >= 4 is 0 Å². The number of rotatable bonds is 3. The number of pyridine rings is 1. The Morgan fingerprint density at radius 1 is 1.29 bits per heavy atom. The number of aromatic nitrogens is 3. The van der Waals surface area contributed by atoms with Crippen LogP contribution >= 0.6 is 0 Å². The van der Waals surface area contributed by atoms with Crippen LogP contribution in [-0.4, -0.2) is 21.5 Å². The number of nitrogens with one attached hydrogen (secondary N) is 1. The molecule has 110 valence electrons. The van der Waals surface area contributed by atoms with Gasteiger partial charge in [0, 0.05) is 29.7 Å². The van der Waals surface area contributed by atoms with Crippen molar-refractivity contribution < 1.29 is 0 Å². The lowest BCUT2D eigenvalue weighted by Gasteiger charge is -2.36. The number of hydrogen-bond acceptors (Lipinski definition) is 4. The van der Waals surface area contributed by atoms with E-state index in [1.165, 1.54) is 5.56 Å². The molecule has 1 N–H and O–H groups in total. The van der Waals surface area contributed by atoms with Crippen LogP contribution in [-0.2, 0) is 6.42 Å². The second-order valence-electron chi connectivity index (χ2n) is 6.47. The summed E-state index contributed by atoms with van der Waals surface area (Å²) in [7, 11) is 0. The minimum Gasteiger partial charge on any atom is -0.310 e. The second-order valence-corrected chi connectivity index (χ2v) is 6.47. The summed E-state index contributed by atoms with van der Waals surface area (Å²) in [6.45, 7) is 7.72. The van der Waals surface area contributed by atoms with E-state index in [-0.39, 0.29) is 5.41 Å². The third kappa shape index (κ3) is 2.95. The van der Waals surface area contributed by atoms with Crippen molar-refractivity contribution in [3.63, 3.8) is 0 Å². The van der Waals surface area contributed by atoms with E-state index >= 15 is 0 Å². The fourth-order valence-electron chi connectivity index (χ4n) is 3.09. The molecule has 2 aromatic rings. The first-order valence-corrected chi connectivity index (χ1v) is 7.60. The van der Waals surface area contributed by atoms with Crippen LogP contribution in [0.1, 0.15) is 44.5 Å². The average Bonchev–Trinajstić information content (AvgIpc) is 2.46. The fourth-order valence-corrected chi connectivity index (χ4v) is 3.09. The molecular weight excluding hydrogens is 260 g/mol. The van der Waals surface area contributed by atoms with Gasteiger partial charge >= 0.3 is 0 Å². The summed E-state index contributed by atoms with van der Waals surface area (Å²) in [4.78, 5) is 13.7. The predicted octanol–water partition coefficient (Wildman–Crippen LogP) is 3.16. The lowest BCUT2D eigenvalue weighted by Crippen LogP contribution is -2.34. The maximum atomic E-state index is 4.80. The quantitative estimate of drug-likeness (QED) is 0.939. The topological polar surface area (TPSA) is 50.7 Å². The maximum Gasteiger partial charge on any atom is 0.178 e. The van der Waals surface area contributed by atoms with Crippen LogP contribution in [0.4, 0.5) is 0 Å². The van der Waals surface area contributed by atoms with Crippen molar-refractivity contribution in [3.05, 3.63) is 41.9 Å². The summed E-state index contributed by atoms with van der Waals surface area (Å²) < 4.78 is 0. The van der Waals surface area contributed by atoms with Gasteiger partial charge in [0.2, 0.25) is 0 Å². The third-order valence-electron chi connectivity index (χ3n) is 4.02. The highest BCUT2D eigenvalue weighted by molar-refractivity contribution is 5.49. The minimum atomic E-state index is 0.260. The van der Waals surface area contributed by atoms with E-state index < -0.39 is 0 Å². The summed E-state index contributed by atoms with van der Waals surface area (Å²) in [5.74, 6) is 0.724. The van der Waals surface area contributed by atoms with Gasteiger partial charge in [0.1, 0.15) is 5.69 Å². The van der Waals surface area contributed by atoms with Crippen LogP contribution < -0.4 is 5.32 Å². The van der Waals surface area contributed by atoms with E-state index in [1.807, 2.05) is 24.4 Å². The van der Waals surface area contributed by atoms with Crippen molar-refractivity contribution in [2.24, 2.45) is 5.41 Å². The summed E-state index contributed by atoms with van der Waals surface area (Å²) >= 11 is 0. The highest BCUT2D eigenvalue weighted by Crippen LogP contribution is 2.40.